The van der Waals surface area contributed by atoms with Gasteiger partial charge in [-0.25, -0.2) is 0 Å². The summed E-state index contributed by atoms with van der Waals surface area (Å²) in [5.74, 6) is 1.85. The van der Waals surface area contributed by atoms with Crippen molar-refractivity contribution in [3.05, 3.63) is 77.9 Å². The molecule has 7 nitrogen and oxygen atoms in total. The number of hydrogen-bond donors (Lipinski definition) is 3. The Bertz CT molecular complexity index is 1150. The minimum absolute atomic E-state index is 0.0990. The number of nitrogens with two attached hydrogens (primary N) is 2. The van der Waals surface area contributed by atoms with Gasteiger partial charge in [0, 0.05) is 29.4 Å². The van der Waals surface area contributed by atoms with E-state index in [1.807, 2.05) is 0 Å². The van der Waals surface area contributed by atoms with Crippen LogP contribution in [0.1, 0.15) is 41.6 Å². The number of nitrogens with one attached hydrogen (secondary N) is 1. The summed E-state index contributed by atoms with van der Waals surface area (Å²) in [4.78, 5) is 13.0. The average Bonchev–Trinajstić information content (AvgIpc) is 2.82. The molecule has 0 saturated heterocycles. The molecule has 7 heteroatoms. The number of ether oxygens (including phenoxy) is 2. The zero-order valence-electron chi connectivity index (χ0n) is 18.2. The van der Waals surface area contributed by atoms with Crippen molar-refractivity contribution < 1.29 is 14.3 Å². The van der Waals surface area contributed by atoms with Crippen LogP contribution in [0.5, 0.6) is 23.0 Å². The zero-order chi connectivity index (χ0) is 23.2. The van der Waals surface area contributed by atoms with Crippen molar-refractivity contribution in [1.29, 1.82) is 5.26 Å². The van der Waals surface area contributed by atoms with Gasteiger partial charge in [-0.1, -0.05) is 0 Å². The van der Waals surface area contributed by atoms with Crippen molar-refractivity contribution in [2.45, 2.75) is 37.8 Å². The second-order valence-electron chi connectivity index (χ2n) is 8.19. The summed E-state index contributed by atoms with van der Waals surface area (Å²) < 4.78 is 11.9. The lowest BCUT2D eigenvalue weighted by molar-refractivity contribution is 0.0925. The lowest BCUT2D eigenvalue weighted by atomic mass is 9.91. The smallest absolute Gasteiger partial charge is 0.251 e. The van der Waals surface area contributed by atoms with Crippen molar-refractivity contribution >= 4 is 11.6 Å². The van der Waals surface area contributed by atoms with Gasteiger partial charge in [-0.15, -0.1) is 0 Å². The first-order valence-electron chi connectivity index (χ1n) is 10.9. The van der Waals surface area contributed by atoms with Crippen LogP contribution in [0.25, 0.3) is 0 Å². The highest BCUT2D eigenvalue weighted by atomic mass is 16.5. The first-order valence-corrected chi connectivity index (χ1v) is 10.9. The monoisotopic (exact) mass is 442 g/mol. The van der Waals surface area contributed by atoms with Crippen LogP contribution >= 0.6 is 0 Å². The number of rotatable bonds is 6. The fourth-order valence-corrected chi connectivity index (χ4v) is 3.76. The number of carbonyl (C=O) groups excluding carboxylic acids is 1. The largest absolute Gasteiger partial charge is 0.457 e. The second-order valence-corrected chi connectivity index (χ2v) is 8.19. The van der Waals surface area contributed by atoms with Crippen LogP contribution in [0.4, 0.5) is 5.69 Å². The van der Waals surface area contributed by atoms with E-state index >= 15 is 0 Å². The molecule has 1 fully saturated rings. The van der Waals surface area contributed by atoms with Crippen LogP contribution in [0, 0.1) is 11.3 Å². The number of carbonyl (C=O) groups is 1. The van der Waals surface area contributed by atoms with Crippen LogP contribution < -0.4 is 26.3 Å². The molecule has 0 spiro atoms. The predicted octanol–water partition coefficient (Wildman–Crippen LogP) is 4.72. The standard InChI is InChI=1S/C26H26N4O3/c27-16-17-1-9-22(10-2-17)32-24-13-18(26(31)30-21-7-3-19(28)4-8-21)14-25(15-24)33-23-11-5-20(29)6-12-23/h1-2,5-6,9-15,19,21H,3-4,7-8,28-29H2,(H,30,31). The number of hydrogen-bond acceptors (Lipinski definition) is 6. The summed E-state index contributed by atoms with van der Waals surface area (Å²) in [5.41, 5.74) is 13.3. The quantitative estimate of drug-likeness (QED) is 0.474. The molecule has 1 amide bonds. The second kappa shape index (κ2) is 10.1. The number of nitrogens with zero attached hydrogens (tertiary/aromatic N) is 1. The fourth-order valence-electron chi connectivity index (χ4n) is 3.76. The first kappa shape index (κ1) is 22.2. The van der Waals surface area contributed by atoms with Crippen LogP contribution in [-0.2, 0) is 0 Å². The van der Waals surface area contributed by atoms with Gasteiger partial charge in [0.1, 0.15) is 23.0 Å². The molecule has 0 aliphatic heterocycles. The lowest BCUT2D eigenvalue weighted by Crippen LogP contribution is -2.40. The van der Waals surface area contributed by atoms with Crippen LogP contribution in [0.3, 0.4) is 0 Å². The number of nitriles is 1. The molecule has 1 aliphatic rings. The third kappa shape index (κ3) is 6.03. The molecule has 1 aliphatic carbocycles. The SMILES string of the molecule is N#Cc1ccc(Oc2cc(Oc3ccc(N)cc3)cc(C(=O)NC3CCC(N)CC3)c2)cc1. The fraction of sp³-hybridized carbons (Fsp3) is 0.231. The Kier molecular flexibility index (Phi) is 6.77. The van der Waals surface area contributed by atoms with Gasteiger partial charge in [0.05, 0.1) is 11.6 Å². The van der Waals surface area contributed by atoms with Gasteiger partial charge in [-0.05, 0) is 86.3 Å². The third-order valence-electron chi connectivity index (χ3n) is 5.58. The van der Waals surface area contributed by atoms with Crippen molar-refractivity contribution in [2.24, 2.45) is 5.73 Å². The Balaban J connectivity index is 1.58. The van der Waals surface area contributed by atoms with Crippen LogP contribution in [-0.4, -0.2) is 18.0 Å². The van der Waals surface area contributed by atoms with E-state index in [0.717, 1.165) is 25.7 Å². The van der Waals surface area contributed by atoms with Gasteiger partial charge < -0.3 is 26.3 Å². The topological polar surface area (TPSA) is 123 Å². The van der Waals surface area contributed by atoms with Crippen molar-refractivity contribution in [2.75, 3.05) is 5.73 Å². The maximum absolute atomic E-state index is 13.0. The van der Waals surface area contributed by atoms with Gasteiger partial charge in [0.15, 0.2) is 0 Å². The number of benzene rings is 3. The first-order chi connectivity index (χ1) is 16.0. The molecule has 3 aromatic rings. The van der Waals surface area contributed by atoms with Gasteiger partial charge >= 0.3 is 0 Å². The van der Waals surface area contributed by atoms with Gasteiger partial charge in [-0.3, -0.25) is 4.79 Å². The zero-order valence-corrected chi connectivity index (χ0v) is 18.2. The van der Waals surface area contributed by atoms with E-state index in [2.05, 4.69) is 11.4 Å². The summed E-state index contributed by atoms with van der Waals surface area (Å²) in [6.07, 6.45) is 3.53. The molecular weight excluding hydrogens is 416 g/mol. The highest BCUT2D eigenvalue weighted by molar-refractivity contribution is 5.95. The summed E-state index contributed by atoms with van der Waals surface area (Å²) in [6, 6.07) is 21.2. The predicted molar refractivity (Wildman–Crippen MR) is 126 cm³/mol. The van der Waals surface area contributed by atoms with E-state index in [1.165, 1.54) is 0 Å². The van der Waals surface area contributed by atoms with Crippen LogP contribution in [0.2, 0.25) is 0 Å². The van der Waals surface area contributed by atoms with E-state index in [0.29, 0.717) is 39.8 Å². The molecule has 5 N–H and O–H groups in total. The summed E-state index contributed by atoms with van der Waals surface area (Å²) >= 11 is 0. The highest BCUT2D eigenvalue weighted by Gasteiger charge is 2.21. The summed E-state index contributed by atoms with van der Waals surface area (Å²) in [7, 11) is 0. The molecule has 0 bridgehead atoms. The van der Waals surface area contributed by atoms with E-state index in [1.54, 1.807) is 66.7 Å². The molecule has 4 rings (SSSR count). The molecule has 0 radical (unpaired) electrons. The van der Waals surface area contributed by atoms with E-state index < -0.39 is 0 Å². The summed E-state index contributed by atoms with van der Waals surface area (Å²) in [5, 5.41) is 12.1. The molecule has 0 heterocycles. The Morgan fingerprint density at radius 3 is 1.94 bits per heavy atom. The molecule has 0 aromatic heterocycles. The molecule has 1 saturated carbocycles. The normalized spacial score (nSPS) is 17.6. The molecule has 0 atom stereocenters. The average molecular weight is 443 g/mol. The van der Waals surface area contributed by atoms with Gasteiger partial charge in [0.25, 0.3) is 5.91 Å². The number of nitrogen functional groups attached to an aromatic ring is 1. The third-order valence-corrected chi connectivity index (χ3v) is 5.58. The maximum atomic E-state index is 13.0. The van der Waals surface area contributed by atoms with Crippen molar-refractivity contribution in [3.8, 4) is 29.1 Å². The minimum atomic E-state index is -0.192. The number of amides is 1. The number of anilines is 1. The van der Waals surface area contributed by atoms with Crippen LogP contribution in [0.15, 0.2) is 66.7 Å². The van der Waals surface area contributed by atoms with Gasteiger partial charge in [-0.2, -0.15) is 5.26 Å². The van der Waals surface area contributed by atoms with Crippen molar-refractivity contribution in [3.63, 3.8) is 0 Å². The minimum Gasteiger partial charge on any atom is -0.457 e. The Morgan fingerprint density at radius 1 is 0.848 bits per heavy atom. The van der Waals surface area contributed by atoms with E-state index in [-0.39, 0.29) is 18.0 Å². The Hall–Kier alpha value is -4.02. The van der Waals surface area contributed by atoms with Crippen molar-refractivity contribution in [1.82, 2.24) is 5.32 Å². The maximum Gasteiger partial charge on any atom is 0.251 e. The highest BCUT2D eigenvalue weighted by Crippen LogP contribution is 2.31. The molecule has 168 valence electrons. The molecule has 3 aromatic carbocycles. The Morgan fingerprint density at radius 2 is 1.39 bits per heavy atom. The molecular formula is C26H26N4O3. The van der Waals surface area contributed by atoms with Gasteiger partial charge in [0.2, 0.25) is 0 Å². The lowest BCUT2D eigenvalue weighted by Gasteiger charge is -2.26. The molecule has 33 heavy (non-hydrogen) atoms. The van der Waals surface area contributed by atoms with E-state index in [4.69, 9.17) is 26.2 Å². The summed E-state index contributed by atoms with van der Waals surface area (Å²) in [6.45, 7) is 0. The van der Waals surface area contributed by atoms with E-state index in [9.17, 15) is 4.79 Å². The molecule has 0 unspecified atom stereocenters. The Labute approximate surface area is 192 Å².